The summed E-state index contributed by atoms with van der Waals surface area (Å²) in [5.41, 5.74) is 4.53. The highest BCUT2D eigenvalue weighted by Gasteiger charge is 2.17. The fourth-order valence-electron chi connectivity index (χ4n) is 3.60. The fourth-order valence-corrected chi connectivity index (χ4v) is 3.60. The van der Waals surface area contributed by atoms with E-state index >= 15 is 0 Å². The van der Waals surface area contributed by atoms with Crippen molar-refractivity contribution in [3.63, 3.8) is 0 Å². The molecule has 0 fully saturated rings. The zero-order valence-electron chi connectivity index (χ0n) is 16.2. The average Bonchev–Trinajstić information content (AvgIpc) is 2.95. The summed E-state index contributed by atoms with van der Waals surface area (Å²) in [6, 6.07) is 13.3. The highest BCUT2D eigenvalue weighted by atomic mass is 15.3. The third-order valence-corrected chi connectivity index (χ3v) is 5.02. The Kier molecular flexibility index (Phi) is 6.01. The van der Waals surface area contributed by atoms with Crippen LogP contribution in [0.2, 0.25) is 0 Å². The second-order valence-electron chi connectivity index (χ2n) is 6.70. The molecule has 138 valence electrons. The van der Waals surface area contributed by atoms with Gasteiger partial charge in [0.25, 0.3) is 0 Å². The van der Waals surface area contributed by atoms with Gasteiger partial charge in [0.1, 0.15) is 0 Å². The van der Waals surface area contributed by atoms with Crippen molar-refractivity contribution in [1.29, 1.82) is 0 Å². The van der Waals surface area contributed by atoms with Crippen molar-refractivity contribution in [3.05, 3.63) is 59.4 Å². The van der Waals surface area contributed by atoms with E-state index in [1.165, 1.54) is 11.1 Å². The second-order valence-corrected chi connectivity index (χ2v) is 6.70. The van der Waals surface area contributed by atoms with Gasteiger partial charge in [-0.25, -0.2) is 4.98 Å². The van der Waals surface area contributed by atoms with E-state index in [-0.39, 0.29) is 0 Å². The minimum Gasteiger partial charge on any atom is -0.311 e. The number of aromatic nitrogens is 3. The standard InChI is InChI=1S/C21H29N5/c1-5-26(6-2)20(18-10-8-7-9-11-18)15-22-13-17-12-19-16(3)24-25(4)21(19)23-14-17/h7-12,14,20,22H,5-6,13,15H2,1-4H3. The number of hydrogen-bond acceptors (Lipinski definition) is 4. The molecule has 0 aliphatic rings. The molecule has 5 nitrogen and oxygen atoms in total. The number of benzene rings is 1. The van der Waals surface area contributed by atoms with Crippen LogP contribution in [0.25, 0.3) is 11.0 Å². The van der Waals surface area contributed by atoms with Gasteiger partial charge in [-0.2, -0.15) is 5.10 Å². The molecule has 0 amide bonds. The van der Waals surface area contributed by atoms with Crippen LogP contribution in [0.5, 0.6) is 0 Å². The van der Waals surface area contributed by atoms with Crippen LogP contribution in [0.1, 0.15) is 36.7 Å². The number of fused-ring (bicyclic) bond motifs is 1. The van der Waals surface area contributed by atoms with E-state index < -0.39 is 0 Å². The predicted octanol–water partition coefficient (Wildman–Crippen LogP) is 3.45. The molecule has 0 saturated carbocycles. The van der Waals surface area contributed by atoms with E-state index in [0.29, 0.717) is 6.04 Å². The Balaban J connectivity index is 1.70. The largest absolute Gasteiger partial charge is 0.311 e. The first kappa shape index (κ1) is 18.5. The molecule has 1 aromatic carbocycles. The molecule has 0 spiro atoms. The molecule has 26 heavy (non-hydrogen) atoms. The maximum Gasteiger partial charge on any atom is 0.157 e. The fraction of sp³-hybridized carbons (Fsp3) is 0.429. The van der Waals surface area contributed by atoms with E-state index in [0.717, 1.165) is 42.9 Å². The number of hydrogen-bond donors (Lipinski definition) is 1. The molecule has 2 heterocycles. The van der Waals surface area contributed by atoms with Crippen LogP contribution in [0, 0.1) is 6.92 Å². The minimum atomic E-state index is 0.378. The van der Waals surface area contributed by atoms with Gasteiger partial charge in [0.05, 0.1) is 5.69 Å². The molecule has 3 aromatic rings. The van der Waals surface area contributed by atoms with Gasteiger partial charge in [-0.3, -0.25) is 9.58 Å². The van der Waals surface area contributed by atoms with Crippen LogP contribution in [0.15, 0.2) is 42.6 Å². The Labute approximate surface area is 156 Å². The van der Waals surface area contributed by atoms with Crippen LogP contribution in [-0.4, -0.2) is 39.3 Å². The van der Waals surface area contributed by atoms with E-state index in [9.17, 15) is 0 Å². The Morgan fingerprint density at radius 1 is 1.15 bits per heavy atom. The summed E-state index contributed by atoms with van der Waals surface area (Å²) in [5, 5.41) is 9.22. The topological polar surface area (TPSA) is 46.0 Å². The van der Waals surface area contributed by atoms with E-state index in [4.69, 9.17) is 0 Å². The summed E-state index contributed by atoms with van der Waals surface area (Å²) >= 11 is 0. The van der Waals surface area contributed by atoms with Crippen molar-refractivity contribution in [2.24, 2.45) is 7.05 Å². The molecule has 0 saturated heterocycles. The van der Waals surface area contributed by atoms with Crippen molar-refractivity contribution in [2.75, 3.05) is 19.6 Å². The maximum atomic E-state index is 4.57. The molecule has 2 aromatic heterocycles. The predicted molar refractivity (Wildman–Crippen MR) is 107 cm³/mol. The third-order valence-electron chi connectivity index (χ3n) is 5.02. The molecule has 3 rings (SSSR count). The van der Waals surface area contributed by atoms with E-state index in [1.54, 1.807) is 0 Å². The number of likely N-dealkylation sites (N-methyl/N-ethyl adjacent to an activating group) is 1. The molecule has 0 radical (unpaired) electrons. The van der Waals surface area contributed by atoms with Crippen molar-refractivity contribution in [3.8, 4) is 0 Å². The van der Waals surface area contributed by atoms with Crippen molar-refractivity contribution in [1.82, 2.24) is 25.0 Å². The quantitative estimate of drug-likeness (QED) is 0.675. The lowest BCUT2D eigenvalue weighted by Gasteiger charge is -2.30. The molecule has 0 bridgehead atoms. The number of pyridine rings is 1. The zero-order chi connectivity index (χ0) is 18.5. The van der Waals surface area contributed by atoms with Gasteiger partial charge in [-0.15, -0.1) is 0 Å². The SMILES string of the molecule is CCN(CC)C(CNCc1cnc2c(c1)c(C)nn2C)c1ccccc1. The lowest BCUT2D eigenvalue weighted by molar-refractivity contribution is 0.213. The van der Waals surface area contributed by atoms with Crippen LogP contribution >= 0.6 is 0 Å². The number of rotatable bonds is 8. The van der Waals surface area contributed by atoms with Crippen LogP contribution in [0.4, 0.5) is 0 Å². The number of aryl methyl sites for hydroxylation is 2. The molecule has 1 atom stereocenters. The van der Waals surface area contributed by atoms with Gasteiger partial charge in [-0.05, 0) is 37.2 Å². The third kappa shape index (κ3) is 3.94. The second kappa shape index (κ2) is 8.43. The average molecular weight is 351 g/mol. The van der Waals surface area contributed by atoms with Gasteiger partial charge in [0.2, 0.25) is 0 Å². The van der Waals surface area contributed by atoms with Gasteiger partial charge >= 0.3 is 0 Å². The smallest absolute Gasteiger partial charge is 0.157 e. The first-order valence-electron chi connectivity index (χ1n) is 9.42. The first-order valence-corrected chi connectivity index (χ1v) is 9.42. The Morgan fingerprint density at radius 3 is 2.58 bits per heavy atom. The summed E-state index contributed by atoms with van der Waals surface area (Å²) in [4.78, 5) is 7.07. The van der Waals surface area contributed by atoms with Gasteiger partial charge in [0, 0.05) is 37.8 Å². The molecule has 5 heteroatoms. The highest BCUT2D eigenvalue weighted by molar-refractivity contribution is 5.78. The maximum absolute atomic E-state index is 4.57. The van der Waals surface area contributed by atoms with Crippen LogP contribution < -0.4 is 5.32 Å². The lowest BCUT2D eigenvalue weighted by Crippen LogP contribution is -2.35. The molecular formula is C21H29N5. The minimum absolute atomic E-state index is 0.378. The molecule has 0 aliphatic heterocycles. The van der Waals surface area contributed by atoms with Gasteiger partial charge in [-0.1, -0.05) is 44.2 Å². The van der Waals surface area contributed by atoms with Crippen molar-refractivity contribution < 1.29 is 0 Å². The monoisotopic (exact) mass is 351 g/mol. The zero-order valence-corrected chi connectivity index (χ0v) is 16.2. The Bertz CT molecular complexity index is 836. The van der Waals surface area contributed by atoms with Crippen LogP contribution in [-0.2, 0) is 13.6 Å². The summed E-state index contributed by atoms with van der Waals surface area (Å²) < 4.78 is 1.84. The molecule has 0 aliphatic carbocycles. The van der Waals surface area contributed by atoms with Gasteiger partial charge < -0.3 is 5.32 Å². The first-order chi connectivity index (χ1) is 12.6. The molecule has 1 unspecified atom stereocenters. The van der Waals surface area contributed by atoms with Crippen molar-refractivity contribution >= 4 is 11.0 Å². The van der Waals surface area contributed by atoms with Crippen molar-refractivity contribution in [2.45, 2.75) is 33.4 Å². The number of nitrogens with zero attached hydrogens (tertiary/aromatic N) is 4. The summed E-state index contributed by atoms with van der Waals surface area (Å²) in [5.74, 6) is 0. The lowest BCUT2D eigenvalue weighted by atomic mass is 10.0. The van der Waals surface area contributed by atoms with Gasteiger partial charge in [0.15, 0.2) is 5.65 Å². The molecular weight excluding hydrogens is 322 g/mol. The highest BCUT2D eigenvalue weighted by Crippen LogP contribution is 2.20. The summed E-state index contributed by atoms with van der Waals surface area (Å²) in [6.45, 7) is 10.3. The number of nitrogens with one attached hydrogen (secondary N) is 1. The summed E-state index contributed by atoms with van der Waals surface area (Å²) in [6.07, 6.45) is 1.95. The van der Waals surface area contributed by atoms with Crippen LogP contribution in [0.3, 0.4) is 0 Å². The van der Waals surface area contributed by atoms with E-state index in [2.05, 4.69) is 70.5 Å². The van der Waals surface area contributed by atoms with E-state index in [1.807, 2.05) is 24.9 Å². The normalized spacial score (nSPS) is 12.8. The Hall–Kier alpha value is -2.24. The molecule has 1 N–H and O–H groups in total. The summed E-state index contributed by atoms with van der Waals surface area (Å²) in [7, 11) is 1.94. The Morgan fingerprint density at radius 2 is 1.88 bits per heavy atom.